The number of aromatic amines is 1. The van der Waals surface area contributed by atoms with E-state index in [1.54, 1.807) is 11.3 Å². The molecule has 4 rings (SSSR count). The number of fused-ring (bicyclic) bond motifs is 3. The number of aliphatic hydroxyl groups excluding tert-OH is 1. The van der Waals surface area contributed by atoms with Gasteiger partial charge in [0.25, 0.3) is 0 Å². The lowest BCUT2D eigenvalue weighted by Gasteiger charge is -2.28. The fraction of sp³-hybridized carbons (Fsp3) is 0.400. The van der Waals surface area contributed by atoms with Crippen molar-refractivity contribution in [3.63, 3.8) is 0 Å². The number of nitrogens with one attached hydrogen (secondary N) is 2. The quantitative estimate of drug-likeness (QED) is 0.652. The fourth-order valence-electron chi connectivity index (χ4n) is 3.91. The Labute approximate surface area is 146 Å². The average Bonchev–Trinajstić information content (AvgIpc) is 3.22. The van der Waals surface area contributed by atoms with E-state index in [0.717, 1.165) is 30.6 Å². The summed E-state index contributed by atoms with van der Waals surface area (Å²) < 4.78 is 0. The highest BCUT2D eigenvalue weighted by Gasteiger charge is 2.24. The van der Waals surface area contributed by atoms with Crippen LogP contribution in [0.1, 0.15) is 42.0 Å². The molecule has 0 aliphatic heterocycles. The molecule has 0 saturated heterocycles. The maximum Gasteiger partial charge on any atom is 0.0896 e. The summed E-state index contributed by atoms with van der Waals surface area (Å²) in [6.45, 7) is 2.18. The van der Waals surface area contributed by atoms with Crippen LogP contribution in [0, 0.1) is 0 Å². The van der Waals surface area contributed by atoms with Crippen molar-refractivity contribution in [2.24, 2.45) is 0 Å². The van der Waals surface area contributed by atoms with E-state index in [4.69, 9.17) is 0 Å². The van der Waals surface area contributed by atoms with E-state index in [0.29, 0.717) is 12.1 Å². The van der Waals surface area contributed by atoms with E-state index in [1.165, 1.54) is 22.2 Å². The van der Waals surface area contributed by atoms with Crippen LogP contribution in [0.25, 0.3) is 10.9 Å². The van der Waals surface area contributed by atoms with Gasteiger partial charge < -0.3 is 15.4 Å². The first kappa shape index (κ1) is 15.9. The fourth-order valence-corrected chi connectivity index (χ4v) is 4.64. The third-order valence-corrected chi connectivity index (χ3v) is 6.04. The van der Waals surface area contributed by atoms with Gasteiger partial charge in [-0.25, -0.2) is 0 Å². The summed E-state index contributed by atoms with van der Waals surface area (Å²) in [6.07, 6.45) is 3.72. The highest BCUT2D eigenvalue weighted by atomic mass is 32.1. The summed E-state index contributed by atoms with van der Waals surface area (Å²) in [5.41, 5.74) is 4.13. The molecule has 3 N–H and O–H groups in total. The summed E-state index contributed by atoms with van der Waals surface area (Å²) >= 11 is 1.63. The molecule has 1 aliphatic carbocycles. The first-order valence-corrected chi connectivity index (χ1v) is 9.64. The van der Waals surface area contributed by atoms with Gasteiger partial charge in [-0.3, -0.25) is 0 Å². The van der Waals surface area contributed by atoms with Crippen LogP contribution in [0.3, 0.4) is 0 Å². The van der Waals surface area contributed by atoms with E-state index in [1.807, 2.05) is 17.5 Å². The van der Waals surface area contributed by atoms with Crippen LogP contribution in [0.2, 0.25) is 0 Å². The Morgan fingerprint density at radius 2 is 2.17 bits per heavy atom. The van der Waals surface area contributed by atoms with E-state index >= 15 is 0 Å². The van der Waals surface area contributed by atoms with Crippen molar-refractivity contribution in [2.75, 3.05) is 0 Å². The zero-order valence-corrected chi connectivity index (χ0v) is 14.8. The lowest BCUT2D eigenvalue weighted by atomic mass is 9.90. The van der Waals surface area contributed by atoms with Crippen molar-refractivity contribution in [1.82, 2.24) is 10.3 Å². The number of para-hydroxylation sites is 1. The van der Waals surface area contributed by atoms with Crippen molar-refractivity contribution in [1.29, 1.82) is 0 Å². The van der Waals surface area contributed by atoms with E-state index in [-0.39, 0.29) is 6.10 Å². The Morgan fingerprint density at radius 3 is 3.00 bits per heavy atom. The molecule has 0 amide bonds. The number of H-pyrrole nitrogens is 1. The predicted molar refractivity (Wildman–Crippen MR) is 101 cm³/mol. The molecule has 4 heteroatoms. The standard InChI is InChI=1S/C20H24N2OS/c1-13(11-19(23)20-7-4-10-24-20)21-14-8-9-18-16(12-14)15-5-2-3-6-17(15)22-18/h2-7,10,13-14,19,21-23H,8-9,11-12H2,1H3. The molecule has 1 aliphatic rings. The zero-order valence-electron chi connectivity index (χ0n) is 14.0. The number of aryl methyl sites for hydroxylation is 1. The van der Waals surface area contributed by atoms with Crippen LogP contribution in [0.4, 0.5) is 0 Å². The highest BCUT2D eigenvalue weighted by molar-refractivity contribution is 7.10. The number of benzene rings is 1. The Hall–Kier alpha value is -1.62. The zero-order chi connectivity index (χ0) is 16.5. The normalized spacial score (nSPS) is 20.0. The number of aliphatic hydroxyl groups is 1. The number of hydrogen-bond donors (Lipinski definition) is 3. The van der Waals surface area contributed by atoms with Crippen LogP contribution in [-0.4, -0.2) is 22.2 Å². The smallest absolute Gasteiger partial charge is 0.0896 e. The number of thiophene rings is 1. The summed E-state index contributed by atoms with van der Waals surface area (Å²) in [5.74, 6) is 0. The van der Waals surface area contributed by atoms with Crippen molar-refractivity contribution >= 4 is 22.2 Å². The SMILES string of the molecule is CC(CC(O)c1cccs1)NC1CCc2[nH]c3ccccc3c2C1. The minimum absolute atomic E-state index is 0.304. The minimum atomic E-state index is -0.361. The van der Waals surface area contributed by atoms with Gasteiger partial charge in [-0.2, -0.15) is 0 Å². The summed E-state index contributed by atoms with van der Waals surface area (Å²) in [6, 6.07) is 13.4. The van der Waals surface area contributed by atoms with Crippen LogP contribution < -0.4 is 5.32 Å². The molecule has 3 nitrogen and oxygen atoms in total. The summed E-state index contributed by atoms with van der Waals surface area (Å²) in [5, 5.41) is 17.5. The molecular formula is C20H24N2OS. The van der Waals surface area contributed by atoms with Gasteiger partial charge in [0.1, 0.15) is 0 Å². The molecule has 3 atom stereocenters. The topological polar surface area (TPSA) is 48.0 Å². The molecule has 0 radical (unpaired) electrons. The van der Waals surface area contributed by atoms with Crippen molar-refractivity contribution in [2.45, 2.75) is 50.8 Å². The van der Waals surface area contributed by atoms with Crippen LogP contribution >= 0.6 is 11.3 Å². The first-order chi connectivity index (χ1) is 11.7. The molecule has 0 spiro atoms. The molecular weight excluding hydrogens is 316 g/mol. The lowest BCUT2D eigenvalue weighted by molar-refractivity contribution is 0.154. The Balaban J connectivity index is 1.41. The second kappa shape index (κ2) is 6.71. The highest BCUT2D eigenvalue weighted by Crippen LogP contribution is 2.30. The molecule has 126 valence electrons. The predicted octanol–water partition coefficient (Wildman–Crippen LogP) is 4.19. The average molecular weight is 340 g/mol. The van der Waals surface area contributed by atoms with E-state index < -0.39 is 0 Å². The lowest BCUT2D eigenvalue weighted by Crippen LogP contribution is -2.40. The molecule has 1 aromatic carbocycles. The molecule has 2 heterocycles. The Bertz CT molecular complexity index is 808. The van der Waals surface area contributed by atoms with Crippen molar-refractivity contribution in [3.8, 4) is 0 Å². The third kappa shape index (κ3) is 3.14. The molecule has 3 aromatic rings. The molecule has 0 saturated carbocycles. The second-order valence-corrected chi connectivity index (χ2v) is 7.88. The van der Waals surface area contributed by atoms with Gasteiger partial charge in [-0.1, -0.05) is 24.3 Å². The Kier molecular flexibility index (Phi) is 4.44. The molecule has 3 unspecified atom stereocenters. The number of hydrogen-bond acceptors (Lipinski definition) is 3. The van der Waals surface area contributed by atoms with Crippen LogP contribution in [0.15, 0.2) is 41.8 Å². The molecule has 24 heavy (non-hydrogen) atoms. The van der Waals surface area contributed by atoms with Gasteiger partial charge in [0.05, 0.1) is 6.10 Å². The first-order valence-electron chi connectivity index (χ1n) is 8.76. The molecule has 0 fully saturated rings. The molecule has 2 aromatic heterocycles. The van der Waals surface area contributed by atoms with Gasteiger partial charge in [0, 0.05) is 33.6 Å². The largest absolute Gasteiger partial charge is 0.388 e. The summed E-state index contributed by atoms with van der Waals surface area (Å²) in [7, 11) is 0. The third-order valence-electron chi connectivity index (χ3n) is 5.06. The van der Waals surface area contributed by atoms with E-state index in [2.05, 4.69) is 41.5 Å². The Morgan fingerprint density at radius 1 is 1.29 bits per heavy atom. The second-order valence-electron chi connectivity index (χ2n) is 6.90. The van der Waals surface area contributed by atoms with Gasteiger partial charge in [0.15, 0.2) is 0 Å². The number of aromatic nitrogens is 1. The van der Waals surface area contributed by atoms with Crippen LogP contribution in [-0.2, 0) is 12.8 Å². The van der Waals surface area contributed by atoms with Gasteiger partial charge in [0.2, 0.25) is 0 Å². The van der Waals surface area contributed by atoms with Gasteiger partial charge >= 0.3 is 0 Å². The minimum Gasteiger partial charge on any atom is -0.388 e. The van der Waals surface area contributed by atoms with Crippen LogP contribution in [0.5, 0.6) is 0 Å². The van der Waals surface area contributed by atoms with Gasteiger partial charge in [-0.05, 0) is 55.7 Å². The van der Waals surface area contributed by atoms with Crippen molar-refractivity contribution in [3.05, 3.63) is 57.9 Å². The maximum absolute atomic E-state index is 10.3. The number of rotatable bonds is 5. The molecule has 0 bridgehead atoms. The summed E-state index contributed by atoms with van der Waals surface area (Å²) in [4.78, 5) is 4.64. The van der Waals surface area contributed by atoms with Gasteiger partial charge in [-0.15, -0.1) is 11.3 Å². The maximum atomic E-state index is 10.3. The monoisotopic (exact) mass is 340 g/mol. The van der Waals surface area contributed by atoms with Crippen molar-refractivity contribution < 1.29 is 5.11 Å². The van der Waals surface area contributed by atoms with E-state index in [9.17, 15) is 5.11 Å².